The minimum Gasteiger partial charge on any atom is -0.480 e. The van der Waals surface area contributed by atoms with E-state index < -0.39 is 23.7 Å². The van der Waals surface area contributed by atoms with Crippen LogP contribution >= 0.6 is 0 Å². The topological polar surface area (TPSA) is 61.9 Å². The van der Waals surface area contributed by atoms with Crippen molar-refractivity contribution in [3.05, 3.63) is 83.4 Å². The predicted octanol–water partition coefficient (Wildman–Crippen LogP) is 5.87. The molecule has 38 heavy (non-hydrogen) atoms. The maximum absolute atomic E-state index is 14.2. The summed E-state index contributed by atoms with van der Waals surface area (Å²) in [6.45, 7) is 13.6. The molecule has 0 bridgehead atoms. The number of carbonyl (C=O) groups is 2. The van der Waals surface area contributed by atoms with Gasteiger partial charge in [-0.25, -0.2) is 0 Å². The van der Waals surface area contributed by atoms with E-state index in [1.54, 1.807) is 11.8 Å². The van der Waals surface area contributed by atoms with E-state index in [0.717, 1.165) is 41.0 Å². The Bertz CT molecular complexity index is 1330. The van der Waals surface area contributed by atoms with E-state index >= 15 is 0 Å². The molecule has 2 unspecified atom stereocenters. The normalized spacial score (nSPS) is 18.7. The van der Waals surface area contributed by atoms with Gasteiger partial charge in [-0.3, -0.25) is 9.59 Å². The van der Waals surface area contributed by atoms with Crippen molar-refractivity contribution in [3.8, 4) is 16.9 Å². The summed E-state index contributed by atoms with van der Waals surface area (Å²) in [5.74, 6) is 0.143. The van der Waals surface area contributed by atoms with E-state index in [9.17, 15) is 9.59 Å². The number of hydrogen-bond acceptors (Lipinski definition) is 4. The van der Waals surface area contributed by atoms with Crippen LogP contribution in [0.5, 0.6) is 5.75 Å². The molecule has 1 heterocycles. The first-order chi connectivity index (χ1) is 18.1. The second-order valence-corrected chi connectivity index (χ2v) is 11.1. The van der Waals surface area contributed by atoms with Crippen LogP contribution in [-0.2, 0) is 9.59 Å². The van der Waals surface area contributed by atoms with Gasteiger partial charge in [0.05, 0.1) is 6.04 Å². The van der Waals surface area contributed by atoms with Crippen LogP contribution in [0.15, 0.2) is 66.7 Å². The summed E-state index contributed by atoms with van der Waals surface area (Å²) in [6, 6.07) is 21.0. The molecule has 6 heteroatoms. The predicted molar refractivity (Wildman–Crippen MR) is 151 cm³/mol. The zero-order valence-electron chi connectivity index (χ0n) is 23.1. The number of nitrogens with one attached hydrogen (secondary N) is 1. The van der Waals surface area contributed by atoms with Crippen molar-refractivity contribution in [1.29, 1.82) is 0 Å². The van der Waals surface area contributed by atoms with E-state index in [4.69, 9.17) is 4.74 Å². The van der Waals surface area contributed by atoms with Gasteiger partial charge in [0.25, 0.3) is 5.91 Å². The molecule has 198 valence electrons. The molecule has 3 aromatic carbocycles. The van der Waals surface area contributed by atoms with Crippen molar-refractivity contribution < 1.29 is 14.3 Å². The molecule has 1 N–H and O–H groups in total. The molecule has 2 amide bonds. The number of hydrogen-bond donors (Lipinski definition) is 1. The highest BCUT2D eigenvalue weighted by Gasteiger charge is 2.47. The highest BCUT2D eigenvalue weighted by molar-refractivity contribution is 5.94. The lowest BCUT2D eigenvalue weighted by molar-refractivity contribution is -0.147. The Balaban J connectivity index is 1.73. The summed E-state index contributed by atoms with van der Waals surface area (Å²) in [7, 11) is 0. The number of fused-ring (bicyclic) bond motifs is 4. The lowest BCUT2D eigenvalue weighted by Crippen LogP contribution is -2.51. The van der Waals surface area contributed by atoms with Gasteiger partial charge in [-0.1, -0.05) is 54.6 Å². The zero-order valence-corrected chi connectivity index (χ0v) is 23.1. The van der Waals surface area contributed by atoms with Gasteiger partial charge < -0.3 is 19.9 Å². The number of rotatable bonds is 5. The van der Waals surface area contributed by atoms with Gasteiger partial charge >= 0.3 is 0 Å². The van der Waals surface area contributed by atoms with Crippen molar-refractivity contribution in [2.24, 2.45) is 0 Å². The molecule has 0 aromatic heterocycles. The lowest BCUT2D eigenvalue weighted by Gasteiger charge is -2.37. The van der Waals surface area contributed by atoms with Crippen molar-refractivity contribution >= 4 is 17.5 Å². The van der Waals surface area contributed by atoms with Crippen LogP contribution in [0.2, 0.25) is 0 Å². The highest BCUT2D eigenvalue weighted by atomic mass is 16.5. The maximum atomic E-state index is 14.2. The molecule has 1 aliphatic heterocycles. The number of nitrogens with zero attached hydrogens (tertiary/aromatic N) is 2. The Morgan fingerprint density at radius 2 is 1.50 bits per heavy atom. The smallest absolute Gasteiger partial charge is 0.265 e. The first-order valence-electron chi connectivity index (χ1n) is 13.5. The molecule has 5 rings (SSSR count). The number of benzene rings is 3. The third-order valence-corrected chi connectivity index (χ3v) is 7.43. The fraction of sp³-hybridized carbons (Fsp3) is 0.375. The standard InChI is InChI=1S/C32H37N3O3/c1-7-34(8-2)21-17-18-26-27(19-21)38-20(3)31(37)35(29(26)30(36)33-32(4,5)6)28-24-15-11-9-13-22(24)23-14-10-12-16-25(23)28/h9-20,28-29H,7-8H2,1-6H3,(H,33,36). The van der Waals surface area contributed by atoms with E-state index in [1.807, 2.05) is 63.2 Å². The van der Waals surface area contributed by atoms with Crippen LogP contribution in [0.4, 0.5) is 5.69 Å². The number of ether oxygens (including phenoxy) is 1. The number of anilines is 1. The van der Waals surface area contributed by atoms with Crippen molar-refractivity contribution in [2.45, 2.75) is 65.3 Å². The summed E-state index contributed by atoms with van der Waals surface area (Å²) in [5.41, 5.74) is 5.45. The molecule has 3 aromatic rings. The molecule has 0 saturated heterocycles. The molecule has 0 spiro atoms. The van der Waals surface area contributed by atoms with Crippen molar-refractivity contribution in [3.63, 3.8) is 0 Å². The first-order valence-corrected chi connectivity index (χ1v) is 13.5. The quantitative estimate of drug-likeness (QED) is 0.466. The minimum atomic E-state index is -0.864. The highest BCUT2D eigenvalue weighted by Crippen LogP contribution is 2.50. The molecule has 1 aliphatic carbocycles. The second kappa shape index (κ2) is 9.82. The summed E-state index contributed by atoms with van der Waals surface area (Å²) >= 11 is 0. The lowest BCUT2D eigenvalue weighted by atomic mass is 9.95. The Morgan fingerprint density at radius 1 is 0.921 bits per heavy atom. The summed E-state index contributed by atoms with van der Waals surface area (Å²) in [6.07, 6.45) is -0.756. The molecule has 6 nitrogen and oxygen atoms in total. The summed E-state index contributed by atoms with van der Waals surface area (Å²) in [4.78, 5) is 32.4. The minimum absolute atomic E-state index is 0.212. The van der Waals surface area contributed by atoms with Crippen molar-refractivity contribution in [1.82, 2.24) is 10.2 Å². The zero-order chi connectivity index (χ0) is 27.2. The Kier molecular flexibility index (Phi) is 6.68. The van der Waals surface area contributed by atoms with Gasteiger partial charge in [0.2, 0.25) is 5.91 Å². The number of carbonyl (C=O) groups excluding carboxylic acids is 2. The van der Waals surface area contributed by atoms with Crippen LogP contribution in [0.25, 0.3) is 11.1 Å². The molecular weight excluding hydrogens is 474 g/mol. The fourth-order valence-corrected chi connectivity index (χ4v) is 5.77. The average Bonchev–Trinajstić information content (AvgIpc) is 3.16. The van der Waals surface area contributed by atoms with Crippen LogP contribution in [0.3, 0.4) is 0 Å². The van der Waals surface area contributed by atoms with E-state index in [0.29, 0.717) is 11.3 Å². The number of amides is 2. The second-order valence-electron chi connectivity index (χ2n) is 11.1. The van der Waals surface area contributed by atoms with E-state index in [-0.39, 0.29) is 11.8 Å². The van der Waals surface area contributed by atoms with Crippen LogP contribution in [-0.4, -0.2) is 41.4 Å². The van der Waals surface area contributed by atoms with Gasteiger partial charge in [-0.2, -0.15) is 0 Å². The van der Waals surface area contributed by atoms with Gasteiger partial charge in [-0.15, -0.1) is 0 Å². The first kappa shape index (κ1) is 25.8. The van der Waals surface area contributed by atoms with Gasteiger partial charge in [0.1, 0.15) is 11.8 Å². The van der Waals surface area contributed by atoms with Gasteiger partial charge in [0, 0.05) is 35.9 Å². The van der Waals surface area contributed by atoms with Gasteiger partial charge in [0.15, 0.2) is 6.10 Å². The van der Waals surface area contributed by atoms with Gasteiger partial charge in [-0.05, 0) is 69.9 Å². The summed E-state index contributed by atoms with van der Waals surface area (Å²) in [5, 5.41) is 3.16. The SMILES string of the molecule is CCN(CC)c1ccc2c(c1)OC(C)C(=O)N(C1c3ccccc3-c3ccccc31)C2C(=O)NC(C)(C)C. The third kappa shape index (κ3) is 4.42. The fourth-order valence-electron chi connectivity index (χ4n) is 5.77. The maximum Gasteiger partial charge on any atom is 0.265 e. The summed E-state index contributed by atoms with van der Waals surface area (Å²) < 4.78 is 6.33. The molecule has 2 atom stereocenters. The van der Waals surface area contributed by atoms with E-state index in [1.165, 1.54) is 0 Å². The Hall–Kier alpha value is -3.80. The van der Waals surface area contributed by atoms with E-state index in [2.05, 4.69) is 48.3 Å². The molecular formula is C32H37N3O3. The largest absolute Gasteiger partial charge is 0.480 e. The molecule has 0 fully saturated rings. The monoisotopic (exact) mass is 511 g/mol. The average molecular weight is 512 g/mol. The molecule has 2 aliphatic rings. The molecule has 0 saturated carbocycles. The van der Waals surface area contributed by atoms with Crippen LogP contribution in [0, 0.1) is 0 Å². The Morgan fingerprint density at radius 3 is 2.05 bits per heavy atom. The van der Waals surface area contributed by atoms with Crippen LogP contribution < -0.4 is 15.0 Å². The Labute approximate surface area is 225 Å². The van der Waals surface area contributed by atoms with Crippen molar-refractivity contribution in [2.75, 3.05) is 18.0 Å². The van der Waals surface area contributed by atoms with Crippen LogP contribution in [0.1, 0.15) is 70.3 Å². The molecule has 0 radical (unpaired) electrons. The third-order valence-electron chi connectivity index (χ3n) is 7.43.